The Balaban J connectivity index is 3.25. The van der Waals surface area contributed by atoms with E-state index in [1.165, 1.54) is 0 Å². The molecule has 0 spiro atoms. The Morgan fingerprint density at radius 1 is 1.00 bits per heavy atom. The van der Waals surface area contributed by atoms with Crippen LogP contribution in [0.4, 0.5) is 0 Å². The SMILES string of the molecule is CC(C)CCC(O)CCOC(C)C. The second-order valence-electron chi connectivity index (χ2n) is 4.33. The normalized spacial score (nSPS) is 14.1. The van der Waals surface area contributed by atoms with Gasteiger partial charge in [0.2, 0.25) is 0 Å². The first-order chi connectivity index (χ1) is 6.02. The fourth-order valence-electron chi connectivity index (χ4n) is 1.11. The van der Waals surface area contributed by atoms with Crippen molar-refractivity contribution in [2.45, 2.75) is 59.2 Å². The van der Waals surface area contributed by atoms with Gasteiger partial charge in [-0.3, -0.25) is 0 Å². The minimum absolute atomic E-state index is 0.179. The van der Waals surface area contributed by atoms with Gasteiger partial charge in [-0.15, -0.1) is 0 Å². The highest BCUT2D eigenvalue weighted by Crippen LogP contribution is 2.09. The van der Waals surface area contributed by atoms with Crippen LogP contribution in [0.2, 0.25) is 0 Å². The van der Waals surface area contributed by atoms with Crippen LogP contribution in [0, 0.1) is 5.92 Å². The van der Waals surface area contributed by atoms with Gasteiger partial charge >= 0.3 is 0 Å². The molecule has 1 atom stereocenters. The molecule has 0 radical (unpaired) electrons. The van der Waals surface area contributed by atoms with Crippen molar-refractivity contribution in [2.24, 2.45) is 5.92 Å². The summed E-state index contributed by atoms with van der Waals surface area (Å²) in [7, 11) is 0. The maximum Gasteiger partial charge on any atom is 0.0562 e. The molecule has 0 aliphatic rings. The lowest BCUT2D eigenvalue weighted by molar-refractivity contribution is 0.0432. The highest BCUT2D eigenvalue weighted by molar-refractivity contribution is 4.57. The van der Waals surface area contributed by atoms with Gasteiger partial charge in [-0.25, -0.2) is 0 Å². The van der Waals surface area contributed by atoms with E-state index < -0.39 is 0 Å². The maximum atomic E-state index is 9.53. The predicted octanol–water partition coefficient (Wildman–Crippen LogP) is 2.60. The molecule has 0 heterocycles. The minimum Gasteiger partial charge on any atom is -0.393 e. The predicted molar refractivity (Wildman–Crippen MR) is 55.8 cm³/mol. The first-order valence-corrected chi connectivity index (χ1v) is 5.32. The molecule has 0 aliphatic carbocycles. The van der Waals surface area contributed by atoms with Crippen LogP contribution in [0.25, 0.3) is 0 Å². The third-order valence-electron chi connectivity index (χ3n) is 1.98. The quantitative estimate of drug-likeness (QED) is 0.665. The Kier molecular flexibility index (Phi) is 7.29. The van der Waals surface area contributed by atoms with E-state index in [0.717, 1.165) is 19.3 Å². The number of ether oxygens (including phenoxy) is 1. The van der Waals surface area contributed by atoms with Gasteiger partial charge in [-0.2, -0.15) is 0 Å². The third kappa shape index (κ3) is 9.84. The molecule has 0 bridgehead atoms. The molecule has 0 aromatic carbocycles. The van der Waals surface area contributed by atoms with Crippen molar-refractivity contribution < 1.29 is 9.84 Å². The van der Waals surface area contributed by atoms with Gasteiger partial charge < -0.3 is 9.84 Å². The molecule has 0 aliphatic heterocycles. The minimum atomic E-state index is -0.179. The fraction of sp³-hybridized carbons (Fsp3) is 1.00. The Bertz CT molecular complexity index is 111. The molecular formula is C11H24O2. The fourth-order valence-corrected chi connectivity index (χ4v) is 1.11. The first-order valence-electron chi connectivity index (χ1n) is 5.32. The molecule has 0 aromatic rings. The summed E-state index contributed by atoms with van der Waals surface area (Å²) in [5.74, 6) is 0.681. The molecule has 0 rings (SSSR count). The van der Waals surface area contributed by atoms with Crippen molar-refractivity contribution in [3.05, 3.63) is 0 Å². The molecule has 80 valence electrons. The molecule has 0 saturated heterocycles. The van der Waals surface area contributed by atoms with Crippen LogP contribution < -0.4 is 0 Å². The lowest BCUT2D eigenvalue weighted by Crippen LogP contribution is -2.13. The van der Waals surface area contributed by atoms with Crippen molar-refractivity contribution in [1.29, 1.82) is 0 Å². The number of rotatable bonds is 7. The van der Waals surface area contributed by atoms with E-state index in [-0.39, 0.29) is 12.2 Å². The average Bonchev–Trinajstić information content (AvgIpc) is 2.00. The van der Waals surface area contributed by atoms with Gasteiger partial charge in [-0.05, 0) is 39.0 Å². The summed E-state index contributed by atoms with van der Waals surface area (Å²) in [6.07, 6.45) is 2.87. The highest BCUT2D eigenvalue weighted by Gasteiger charge is 2.05. The largest absolute Gasteiger partial charge is 0.393 e. The van der Waals surface area contributed by atoms with Crippen LogP contribution >= 0.6 is 0 Å². The van der Waals surface area contributed by atoms with Gasteiger partial charge in [0.1, 0.15) is 0 Å². The van der Waals surface area contributed by atoms with Crippen LogP contribution in [0.15, 0.2) is 0 Å². The number of hydrogen-bond donors (Lipinski definition) is 1. The topological polar surface area (TPSA) is 29.5 Å². The van der Waals surface area contributed by atoms with E-state index >= 15 is 0 Å². The van der Waals surface area contributed by atoms with E-state index in [9.17, 15) is 5.11 Å². The monoisotopic (exact) mass is 188 g/mol. The Hall–Kier alpha value is -0.0800. The van der Waals surface area contributed by atoms with Crippen molar-refractivity contribution in [3.63, 3.8) is 0 Å². The van der Waals surface area contributed by atoms with Gasteiger partial charge in [0, 0.05) is 6.61 Å². The van der Waals surface area contributed by atoms with E-state index in [1.54, 1.807) is 0 Å². The lowest BCUT2D eigenvalue weighted by Gasteiger charge is -2.13. The second-order valence-corrected chi connectivity index (χ2v) is 4.33. The van der Waals surface area contributed by atoms with Crippen LogP contribution in [0.3, 0.4) is 0 Å². The van der Waals surface area contributed by atoms with Crippen molar-refractivity contribution in [1.82, 2.24) is 0 Å². The Morgan fingerprint density at radius 2 is 1.62 bits per heavy atom. The Labute approximate surface area is 82.3 Å². The molecular weight excluding hydrogens is 164 g/mol. The standard InChI is InChI=1S/C11H24O2/c1-9(2)5-6-11(12)7-8-13-10(3)4/h9-12H,5-8H2,1-4H3. The number of aliphatic hydroxyl groups is 1. The third-order valence-corrected chi connectivity index (χ3v) is 1.98. The smallest absolute Gasteiger partial charge is 0.0562 e. The maximum absolute atomic E-state index is 9.53. The molecule has 1 N–H and O–H groups in total. The summed E-state index contributed by atoms with van der Waals surface area (Å²) < 4.78 is 5.36. The molecule has 0 fully saturated rings. The second kappa shape index (κ2) is 7.34. The molecule has 0 amide bonds. The van der Waals surface area contributed by atoms with Gasteiger partial charge in [0.25, 0.3) is 0 Å². The average molecular weight is 188 g/mol. The van der Waals surface area contributed by atoms with Crippen LogP contribution in [0.5, 0.6) is 0 Å². The number of aliphatic hydroxyl groups excluding tert-OH is 1. The zero-order chi connectivity index (χ0) is 10.3. The van der Waals surface area contributed by atoms with E-state index in [0.29, 0.717) is 12.5 Å². The highest BCUT2D eigenvalue weighted by atomic mass is 16.5. The summed E-state index contributed by atoms with van der Waals surface area (Å²) in [5.41, 5.74) is 0. The van der Waals surface area contributed by atoms with Crippen molar-refractivity contribution in [3.8, 4) is 0 Å². The summed E-state index contributed by atoms with van der Waals surface area (Å²) in [6, 6.07) is 0. The van der Waals surface area contributed by atoms with Crippen molar-refractivity contribution >= 4 is 0 Å². The molecule has 2 heteroatoms. The molecule has 0 aromatic heterocycles. The summed E-state index contributed by atoms with van der Waals surface area (Å²) >= 11 is 0. The molecule has 2 nitrogen and oxygen atoms in total. The van der Waals surface area contributed by atoms with Crippen LogP contribution in [-0.2, 0) is 4.74 Å². The molecule has 1 unspecified atom stereocenters. The van der Waals surface area contributed by atoms with E-state index in [1.807, 2.05) is 13.8 Å². The van der Waals surface area contributed by atoms with Gasteiger partial charge in [0.05, 0.1) is 12.2 Å². The first kappa shape index (κ1) is 12.9. The Morgan fingerprint density at radius 3 is 2.08 bits per heavy atom. The van der Waals surface area contributed by atoms with E-state index in [4.69, 9.17) is 4.74 Å². The van der Waals surface area contributed by atoms with Gasteiger partial charge in [-0.1, -0.05) is 13.8 Å². The van der Waals surface area contributed by atoms with Crippen LogP contribution in [0.1, 0.15) is 47.0 Å². The van der Waals surface area contributed by atoms with Crippen molar-refractivity contribution in [2.75, 3.05) is 6.61 Å². The molecule has 13 heavy (non-hydrogen) atoms. The number of hydrogen-bond acceptors (Lipinski definition) is 2. The zero-order valence-electron chi connectivity index (χ0n) is 9.42. The summed E-state index contributed by atoms with van der Waals surface area (Å²) in [5, 5.41) is 9.53. The van der Waals surface area contributed by atoms with E-state index in [2.05, 4.69) is 13.8 Å². The van der Waals surface area contributed by atoms with Crippen LogP contribution in [-0.4, -0.2) is 23.9 Å². The molecule has 0 saturated carbocycles. The lowest BCUT2D eigenvalue weighted by atomic mass is 10.0. The summed E-state index contributed by atoms with van der Waals surface area (Å²) in [6.45, 7) is 9.06. The summed E-state index contributed by atoms with van der Waals surface area (Å²) in [4.78, 5) is 0. The van der Waals surface area contributed by atoms with Gasteiger partial charge in [0.15, 0.2) is 0 Å². The zero-order valence-corrected chi connectivity index (χ0v) is 9.42.